The number of likely N-dealkylation sites (tertiary alicyclic amines) is 1. The van der Waals surface area contributed by atoms with E-state index in [9.17, 15) is 22.4 Å². The van der Waals surface area contributed by atoms with Crippen LogP contribution in [0.5, 0.6) is 0 Å². The number of hydrogen-bond donors (Lipinski definition) is 1. The van der Waals surface area contributed by atoms with Crippen molar-refractivity contribution in [1.82, 2.24) is 10.2 Å². The van der Waals surface area contributed by atoms with Gasteiger partial charge in [0.05, 0.1) is 31.0 Å². The maximum absolute atomic E-state index is 14.5. The molecule has 0 aromatic heterocycles. The highest BCUT2D eigenvalue weighted by molar-refractivity contribution is 5.85. The van der Waals surface area contributed by atoms with Gasteiger partial charge in [0, 0.05) is 31.5 Å². The number of benzene rings is 2. The lowest BCUT2D eigenvalue weighted by Crippen LogP contribution is -2.60. The van der Waals surface area contributed by atoms with Crippen molar-refractivity contribution < 1.29 is 41.3 Å². The van der Waals surface area contributed by atoms with Gasteiger partial charge >= 0.3 is 6.18 Å². The molecule has 0 radical (unpaired) electrons. The van der Waals surface area contributed by atoms with Crippen molar-refractivity contribution in [2.24, 2.45) is 0 Å². The minimum atomic E-state index is -4.44. The van der Waals surface area contributed by atoms with E-state index in [0.717, 1.165) is 38.1 Å². The second-order valence-corrected chi connectivity index (χ2v) is 11.8. The smallest absolute Gasteiger partial charge is 0.371 e. The van der Waals surface area contributed by atoms with Gasteiger partial charge in [-0.25, -0.2) is 4.39 Å². The van der Waals surface area contributed by atoms with E-state index < -0.39 is 47.3 Å². The number of amides is 1. The van der Waals surface area contributed by atoms with E-state index >= 15 is 0 Å². The monoisotopic (exact) mass is 594 g/mol. The van der Waals surface area contributed by atoms with Crippen LogP contribution in [0.25, 0.3) is 0 Å². The highest BCUT2D eigenvalue weighted by atomic mass is 19.4. The Balaban J connectivity index is 1.36. The van der Waals surface area contributed by atoms with Gasteiger partial charge in [-0.3, -0.25) is 4.79 Å². The Kier molecular flexibility index (Phi) is 9.24. The summed E-state index contributed by atoms with van der Waals surface area (Å²) in [6, 6.07) is 11.0. The topological polar surface area (TPSA) is 69.3 Å². The van der Waals surface area contributed by atoms with Gasteiger partial charge in [-0.05, 0) is 63.5 Å². The Labute approximate surface area is 243 Å². The summed E-state index contributed by atoms with van der Waals surface area (Å²) in [5, 5.41) is 3.03. The minimum Gasteiger partial charge on any atom is -0.371 e. The SMILES string of the molecule is CC1(C)O[C@H]2[C@@H](OCc3ccc(C(F)(F)F)cc3)C[C@](OCc3ccccc3F)(C(=O)NCCN3CCCC3)C[C@H]2O1. The molecule has 0 bridgehead atoms. The quantitative estimate of drug-likeness (QED) is 0.381. The zero-order valence-electron chi connectivity index (χ0n) is 23.9. The predicted octanol–water partition coefficient (Wildman–Crippen LogP) is 5.21. The standard InChI is InChI=1S/C31H38F4N2O5/c1-29(2)41-26-18-30(40-20-22-7-3-4-8-24(22)32,28(38)36-13-16-37-14-5-6-15-37)17-25(27(26)42-29)39-19-21-9-11-23(12-10-21)31(33,34)35/h3-4,7-12,25-27H,5-6,13-20H2,1-2H3,(H,36,38)/t25-,26+,27-,30+/m0/s1. The first-order valence-corrected chi connectivity index (χ1v) is 14.5. The van der Waals surface area contributed by atoms with Crippen molar-refractivity contribution in [3.63, 3.8) is 0 Å². The van der Waals surface area contributed by atoms with E-state index in [1.807, 2.05) is 0 Å². The molecule has 2 aliphatic heterocycles. The molecule has 5 rings (SSSR count). The number of nitrogens with zero attached hydrogens (tertiary/aromatic N) is 1. The second kappa shape index (κ2) is 12.6. The number of carbonyl (C=O) groups excluding carboxylic acids is 1. The molecule has 2 aromatic rings. The van der Waals surface area contributed by atoms with E-state index in [2.05, 4.69) is 10.2 Å². The summed E-state index contributed by atoms with van der Waals surface area (Å²) in [5.41, 5.74) is -1.31. The lowest BCUT2D eigenvalue weighted by molar-refractivity contribution is -0.183. The van der Waals surface area contributed by atoms with Crippen molar-refractivity contribution in [2.45, 2.75) is 88.6 Å². The minimum absolute atomic E-state index is 0.00418. The summed E-state index contributed by atoms with van der Waals surface area (Å²) in [4.78, 5) is 16.2. The highest BCUT2D eigenvalue weighted by Crippen LogP contribution is 2.44. The van der Waals surface area contributed by atoms with Crippen molar-refractivity contribution >= 4 is 5.91 Å². The molecule has 11 heteroatoms. The maximum Gasteiger partial charge on any atom is 0.416 e. The average Bonchev–Trinajstić information content (AvgIpc) is 3.57. The lowest BCUT2D eigenvalue weighted by Gasteiger charge is -2.43. The van der Waals surface area contributed by atoms with Crippen LogP contribution >= 0.6 is 0 Å². The van der Waals surface area contributed by atoms with Crippen molar-refractivity contribution in [1.29, 1.82) is 0 Å². The molecule has 2 heterocycles. The highest BCUT2D eigenvalue weighted by Gasteiger charge is 2.58. The van der Waals surface area contributed by atoms with Gasteiger partial charge < -0.3 is 29.2 Å². The van der Waals surface area contributed by atoms with Crippen LogP contribution in [-0.4, -0.2) is 66.7 Å². The number of rotatable bonds is 10. The molecule has 1 aliphatic carbocycles. The van der Waals surface area contributed by atoms with Crippen LogP contribution in [0.3, 0.4) is 0 Å². The van der Waals surface area contributed by atoms with Crippen LogP contribution < -0.4 is 5.32 Å². The van der Waals surface area contributed by atoms with Crippen LogP contribution in [0, 0.1) is 5.82 Å². The molecule has 4 atom stereocenters. The summed E-state index contributed by atoms with van der Waals surface area (Å²) in [7, 11) is 0. The summed E-state index contributed by atoms with van der Waals surface area (Å²) in [5.74, 6) is -1.72. The number of halogens is 4. The first-order valence-electron chi connectivity index (χ1n) is 14.5. The molecule has 7 nitrogen and oxygen atoms in total. The van der Waals surface area contributed by atoms with Crippen LogP contribution in [0.2, 0.25) is 0 Å². The van der Waals surface area contributed by atoms with Crippen molar-refractivity contribution in [3.05, 3.63) is 71.0 Å². The van der Waals surface area contributed by atoms with Crippen molar-refractivity contribution in [3.8, 4) is 0 Å². The fraction of sp³-hybridized carbons (Fsp3) is 0.581. The number of nitrogens with one attached hydrogen (secondary N) is 1. The van der Waals surface area contributed by atoms with Gasteiger partial charge in [0.15, 0.2) is 11.4 Å². The Morgan fingerprint density at radius 1 is 1.02 bits per heavy atom. The molecule has 1 N–H and O–H groups in total. The van der Waals surface area contributed by atoms with Gasteiger partial charge in [-0.2, -0.15) is 13.2 Å². The third-order valence-electron chi connectivity index (χ3n) is 8.18. The summed E-state index contributed by atoms with van der Waals surface area (Å²) >= 11 is 0. The van der Waals surface area contributed by atoms with E-state index in [4.69, 9.17) is 18.9 Å². The second-order valence-electron chi connectivity index (χ2n) is 11.8. The van der Waals surface area contributed by atoms with E-state index in [0.29, 0.717) is 24.2 Å². The Morgan fingerprint density at radius 3 is 2.43 bits per heavy atom. The molecule has 1 saturated carbocycles. The Bertz CT molecular complexity index is 1220. The van der Waals surface area contributed by atoms with E-state index in [1.54, 1.807) is 32.0 Å². The molecule has 0 spiro atoms. The molecule has 2 aromatic carbocycles. The molecular weight excluding hydrogens is 556 g/mol. The fourth-order valence-corrected chi connectivity index (χ4v) is 6.03. The molecule has 3 fully saturated rings. The molecule has 230 valence electrons. The number of hydrogen-bond acceptors (Lipinski definition) is 6. The van der Waals surface area contributed by atoms with Gasteiger partial charge in [0.1, 0.15) is 11.9 Å². The molecule has 3 aliphatic rings. The van der Waals surface area contributed by atoms with Crippen LogP contribution in [0.1, 0.15) is 56.2 Å². The molecular formula is C31H38F4N2O5. The van der Waals surface area contributed by atoms with Gasteiger partial charge in [0.2, 0.25) is 0 Å². The third kappa shape index (κ3) is 7.31. The first kappa shape index (κ1) is 30.9. The summed E-state index contributed by atoms with van der Waals surface area (Å²) < 4.78 is 78.5. The van der Waals surface area contributed by atoms with Gasteiger partial charge in [0.25, 0.3) is 5.91 Å². The zero-order valence-corrected chi connectivity index (χ0v) is 23.9. The Hall–Kier alpha value is -2.57. The maximum atomic E-state index is 14.5. The number of ether oxygens (including phenoxy) is 4. The Morgan fingerprint density at radius 2 is 1.74 bits per heavy atom. The zero-order chi connectivity index (χ0) is 30.0. The van der Waals surface area contributed by atoms with E-state index in [1.165, 1.54) is 18.2 Å². The number of carbonyl (C=O) groups is 1. The van der Waals surface area contributed by atoms with Crippen molar-refractivity contribution in [2.75, 3.05) is 26.2 Å². The lowest BCUT2D eigenvalue weighted by atomic mass is 9.78. The molecule has 2 saturated heterocycles. The van der Waals surface area contributed by atoms with Crippen LogP contribution in [-0.2, 0) is 43.1 Å². The molecule has 1 amide bonds. The molecule has 0 unspecified atom stereocenters. The first-order chi connectivity index (χ1) is 19.9. The third-order valence-corrected chi connectivity index (χ3v) is 8.18. The normalized spacial score (nSPS) is 27.6. The molecule has 42 heavy (non-hydrogen) atoms. The number of fused-ring (bicyclic) bond motifs is 1. The fourth-order valence-electron chi connectivity index (χ4n) is 6.03. The largest absolute Gasteiger partial charge is 0.416 e. The predicted molar refractivity (Wildman–Crippen MR) is 146 cm³/mol. The van der Waals surface area contributed by atoms with Gasteiger partial charge in [-0.15, -0.1) is 0 Å². The van der Waals surface area contributed by atoms with Crippen LogP contribution in [0.4, 0.5) is 17.6 Å². The summed E-state index contributed by atoms with van der Waals surface area (Å²) in [6.07, 6.45) is -3.67. The van der Waals surface area contributed by atoms with E-state index in [-0.39, 0.29) is 32.0 Å². The van der Waals surface area contributed by atoms with Gasteiger partial charge in [-0.1, -0.05) is 30.3 Å². The van der Waals surface area contributed by atoms with Crippen LogP contribution in [0.15, 0.2) is 48.5 Å². The average molecular weight is 595 g/mol. The summed E-state index contributed by atoms with van der Waals surface area (Å²) in [6.45, 7) is 6.53. The number of alkyl halides is 3.